The van der Waals surface area contributed by atoms with Crippen LogP contribution in [-0.2, 0) is 4.79 Å². The van der Waals surface area contributed by atoms with Crippen LogP contribution in [0.3, 0.4) is 0 Å². The van der Waals surface area contributed by atoms with Crippen molar-refractivity contribution in [3.63, 3.8) is 0 Å². The SMILES string of the molecule is CC(C)(C)C(=O)/C(=C/O)Oc1ccc(F)cc1. The summed E-state index contributed by atoms with van der Waals surface area (Å²) >= 11 is 0. The highest BCUT2D eigenvalue weighted by Gasteiger charge is 2.27. The van der Waals surface area contributed by atoms with Gasteiger partial charge in [0.05, 0.1) is 0 Å². The summed E-state index contributed by atoms with van der Waals surface area (Å²) in [6, 6.07) is 5.20. The zero-order chi connectivity index (χ0) is 13.1. The first-order valence-electron chi connectivity index (χ1n) is 5.17. The maximum Gasteiger partial charge on any atom is 0.206 e. The van der Waals surface area contributed by atoms with E-state index >= 15 is 0 Å². The molecule has 17 heavy (non-hydrogen) atoms. The average molecular weight is 238 g/mol. The molecule has 1 aromatic rings. The Kier molecular flexibility index (Phi) is 3.89. The smallest absolute Gasteiger partial charge is 0.206 e. The van der Waals surface area contributed by atoms with Gasteiger partial charge in [0.1, 0.15) is 17.8 Å². The van der Waals surface area contributed by atoms with E-state index in [2.05, 4.69) is 0 Å². The molecule has 0 saturated carbocycles. The van der Waals surface area contributed by atoms with Crippen molar-refractivity contribution >= 4 is 5.78 Å². The Hall–Kier alpha value is -1.84. The molecule has 0 amide bonds. The van der Waals surface area contributed by atoms with Crippen LogP contribution in [0.2, 0.25) is 0 Å². The second-order valence-electron chi connectivity index (χ2n) is 4.63. The Morgan fingerprint density at radius 1 is 1.29 bits per heavy atom. The minimum Gasteiger partial charge on any atom is -0.512 e. The van der Waals surface area contributed by atoms with Crippen LogP contribution in [0, 0.1) is 11.2 Å². The van der Waals surface area contributed by atoms with Crippen LogP contribution in [0.1, 0.15) is 20.8 Å². The van der Waals surface area contributed by atoms with E-state index in [4.69, 9.17) is 9.84 Å². The van der Waals surface area contributed by atoms with E-state index in [1.54, 1.807) is 20.8 Å². The molecule has 0 unspecified atom stereocenters. The zero-order valence-corrected chi connectivity index (χ0v) is 10.0. The number of hydrogen-bond donors (Lipinski definition) is 1. The van der Waals surface area contributed by atoms with Crippen molar-refractivity contribution in [1.82, 2.24) is 0 Å². The average Bonchev–Trinajstić information content (AvgIpc) is 2.26. The lowest BCUT2D eigenvalue weighted by Crippen LogP contribution is -2.24. The van der Waals surface area contributed by atoms with Gasteiger partial charge in [0.25, 0.3) is 0 Å². The van der Waals surface area contributed by atoms with Crippen LogP contribution in [0.25, 0.3) is 0 Å². The van der Waals surface area contributed by atoms with Crippen LogP contribution in [0.4, 0.5) is 4.39 Å². The monoisotopic (exact) mass is 238 g/mol. The molecule has 1 N–H and O–H groups in total. The third kappa shape index (κ3) is 3.59. The minimum atomic E-state index is -0.658. The van der Waals surface area contributed by atoms with E-state index in [0.717, 1.165) is 0 Å². The number of benzene rings is 1. The van der Waals surface area contributed by atoms with Crippen molar-refractivity contribution in [2.24, 2.45) is 5.41 Å². The van der Waals surface area contributed by atoms with Gasteiger partial charge >= 0.3 is 0 Å². The highest BCUT2D eigenvalue weighted by molar-refractivity contribution is 5.97. The molecular weight excluding hydrogens is 223 g/mol. The molecule has 0 aliphatic rings. The molecule has 0 atom stereocenters. The van der Waals surface area contributed by atoms with Gasteiger partial charge in [0, 0.05) is 5.41 Å². The molecular formula is C13H15FO3. The van der Waals surface area contributed by atoms with Crippen LogP contribution in [0.15, 0.2) is 36.3 Å². The quantitative estimate of drug-likeness (QED) is 0.649. The standard InChI is InChI=1S/C13H15FO3/c1-13(2,3)12(16)11(8-15)17-10-6-4-9(14)5-7-10/h4-8,15H,1-3H3/b11-8-. The summed E-state index contributed by atoms with van der Waals surface area (Å²) in [7, 11) is 0. The van der Waals surface area contributed by atoms with Gasteiger partial charge in [-0.1, -0.05) is 20.8 Å². The van der Waals surface area contributed by atoms with Crippen molar-refractivity contribution < 1.29 is 19.0 Å². The number of aliphatic hydroxyl groups is 1. The van der Waals surface area contributed by atoms with Gasteiger partial charge in [-0.25, -0.2) is 4.39 Å². The molecule has 0 aliphatic carbocycles. The molecule has 1 rings (SSSR count). The van der Waals surface area contributed by atoms with Crippen LogP contribution in [0.5, 0.6) is 5.75 Å². The first kappa shape index (κ1) is 13.2. The van der Waals surface area contributed by atoms with Gasteiger partial charge in [-0.05, 0) is 24.3 Å². The van der Waals surface area contributed by atoms with Gasteiger partial charge < -0.3 is 9.84 Å². The second kappa shape index (κ2) is 4.99. The largest absolute Gasteiger partial charge is 0.512 e. The fourth-order valence-corrected chi connectivity index (χ4v) is 1.13. The lowest BCUT2D eigenvalue weighted by atomic mass is 9.90. The summed E-state index contributed by atoms with van der Waals surface area (Å²) in [6.45, 7) is 5.15. The number of hydrogen-bond acceptors (Lipinski definition) is 3. The van der Waals surface area contributed by atoms with Gasteiger partial charge in [-0.15, -0.1) is 0 Å². The maximum absolute atomic E-state index is 12.7. The summed E-state index contributed by atoms with van der Waals surface area (Å²) in [5.74, 6) is -0.591. The first-order chi connectivity index (χ1) is 7.84. The van der Waals surface area contributed by atoms with Gasteiger partial charge in [-0.2, -0.15) is 0 Å². The number of rotatable bonds is 3. The van der Waals surface area contributed by atoms with Crippen LogP contribution in [-0.4, -0.2) is 10.9 Å². The summed E-state index contributed by atoms with van der Waals surface area (Å²) in [5.41, 5.74) is -0.658. The summed E-state index contributed by atoms with van der Waals surface area (Å²) in [4.78, 5) is 11.8. The fourth-order valence-electron chi connectivity index (χ4n) is 1.13. The van der Waals surface area contributed by atoms with Crippen molar-refractivity contribution in [2.45, 2.75) is 20.8 Å². The predicted molar refractivity (Wildman–Crippen MR) is 62.2 cm³/mol. The second-order valence-corrected chi connectivity index (χ2v) is 4.63. The number of ether oxygens (including phenoxy) is 1. The lowest BCUT2D eigenvalue weighted by Gasteiger charge is -2.18. The number of carbonyl (C=O) groups is 1. The molecule has 92 valence electrons. The molecule has 3 nitrogen and oxygen atoms in total. The molecule has 0 aliphatic heterocycles. The van der Waals surface area contributed by atoms with E-state index in [1.807, 2.05) is 0 Å². The van der Waals surface area contributed by atoms with E-state index < -0.39 is 11.2 Å². The highest BCUT2D eigenvalue weighted by Crippen LogP contribution is 2.22. The third-order valence-electron chi connectivity index (χ3n) is 2.06. The van der Waals surface area contributed by atoms with Crippen molar-refractivity contribution in [1.29, 1.82) is 0 Å². The first-order valence-corrected chi connectivity index (χ1v) is 5.17. The Balaban J connectivity index is 2.86. The number of aliphatic hydroxyl groups excluding tert-OH is 1. The van der Waals surface area contributed by atoms with E-state index in [9.17, 15) is 9.18 Å². The Labute approximate surface area is 99.5 Å². The van der Waals surface area contributed by atoms with Crippen LogP contribution >= 0.6 is 0 Å². The zero-order valence-electron chi connectivity index (χ0n) is 10.0. The Morgan fingerprint density at radius 2 is 1.82 bits per heavy atom. The van der Waals surface area contributed by atoms with Gasteiger partial charge in [0.15, 0.2) is 0 Å². The highest BCUT2D eigenvalue weighted by atomic mass is 19.1. The topological polar surface area (TPSA) is 46.5 Å². The number of halogens is 1. The van der Waals surface area contributed by atoms with Gasteiger partial charge in [0.2, 0.25) is 11.5 Å². The fraction of sp³-hybridized carbons (Fsp3) is 0.308. The molecule has 0 radical (unpaired) electrons. The van der Waals surface area contributed by atoms with E-state index in [0.29, 0.717) is 12.0 Å². The molecule has 0 saturated heterocycles. The van der Waals surface area contributed by atoms with Crippen molar-refractivity contribution in [2.75, 3.05) is 0 Å². The summed E-state index contributed by atoms with van der Waals surface area (Å²) in [5, 5.41) is 8.99. The molecule has 0 bridgehead atoms. The lowest BCUT2D eigenvalue weighted by molar-refractivity contribution is -0.124. The molecule has 4 heteroatoms. The Morgan fingerprint density at radius 3 is 2.24 bits per heavy atom. The molecule has 0 aromatic heterocycles. The van der Waals surface area contributed by atoms with E-state index in [1.165, 1.54) is 24.3 Å². The molecule has 0 spiro atoms. The summed E-state index contributed by atoms with van der Waals surface area (Å²) in [6.07, 6.45) is 0.622. The number of allylic oxidation sites excluding steroid dienone is 1. The molecule has 1 aromatic carbocycles. The van der Waals surface area contributed by atoms with E-state index in [-0.39, 0.29) is 11.5 Å². The molecule has 0 fully saturated rings. The predicted octanol–water partition coefficient (Wildman–Crippen LogP) is 3.22. The number of carbonyl (C=O) groups excluding carboxylic acids is 1. The Bertz CT molecular complexity index is 427. The third-order valence-corrected chi connectivity index (χ3v) is 2.06. The number of ketones is 1. The van der Waals surface area contributed by atoms with Crippen molar-refractivity contribution in [3.05, 3.63) is 42.1 Å². The van der Waals surface area contributed by atoms with Gasteiger partial charge in [-0.3, -0.25) is 4.79 Å². The minimum absolute atomic E-state index is 0.163. The summed E-state index contributed by atoms with van der Waals surface area (Å²) < 4.78 is 17.9. The normalized spacial score (nSPS) is 12.4. The number of Topliss-reactive ketones (excluding diaryl/α,β-unsaturated/α-hetero) is 1. The molecule has 0 heterocycles. The van der Waals surface area contributed by atoms with Crippen LogP contribution < -0.4 is 4.74 Å². The maximum atomic E-state index is 12.7. The van der Waals surface area contributed by atoms with Crippen molar-refractivity contribution in [3.8, 4) is 5.75 Å².